The van der Waals surface area contributed by atoms with E-state index in [9.17, 15) is 15.2 Å². The lowest BCUT2D eigenvalue weighted by Gasteiger charge is -1.98. The van der Waals surface area contributed by atoms with Crippen LogP contribution in [0.5, 0.6) is 5.75 Å². The number of non-ortho nitro benzene ring substituents is 1. The van der Waals surface area contributed by atoms with Gasteiger partial charge in [0.15, 0.2) is 0 Å². The van der Waals surface area contributed by atoms with Crippen molar-refractivity contribution in [1.29, 1.82) is 0 Å². The fraction of sp³-hybridized carbons (Fsp3) is 0. The number of aliphatic imine (C=N–C) groups is 1. The quantitative estimate of drug-likeness (QED) is 0.527. The summed E-state index contributed by atoms with van der Waals surface area (Å²) in [6.45, 7) is 0. The normalized spacial score (nSPS) is 10.8. The van der Waals surface area contributed by atoms with Gasteiger partial charge in [-0.3, -0.25) is 15.1 Å². The molecule has 2 aromatic carbocycles. The van der Waals surface area contributed by atoms with Crippen molar-refractivity contribution < 1.29 is 10.0 Å². The molecule has 0 saturated heterocycles. The van der Waals surface area contributed by atoms with Crippen LogP contribution < -0.4 is 0 Å². The third-order valence-corrected chi connectivity index (χ3v) is 2.64. The topological polar surface area (TPSA) is 75.7 Å². The van der Waals surface area contributed by atoms with Gasteiger partial charge in [0.25, 0.3) is 5.69 Å². The van der Waals surface area contributed by atoms with Gasteiger partial charge in [-0.2, -0.15) is 0 Å². The van der Waals surface area contributed by atoms with Gasteiger partial charge in [0, 0.05) is 17.3 Å². The summed E-state index contributed by atoms with van der Waals surface area (Å²) in [5.41, 5.74) is 0.894. The van der Waals surface area contributed by atoms with Crippen molar-refractivity contribution in [2.45, 2.75) is 0 Å². The van der Waals surface area contributed by atoms with E-state index in [1.165, 1.54) is 18.3 Å². The van der Waals surface area contributed by atoms with E-state index in [1.807, 2.05) is 0 Å². The Kier molecular flexibility index (Phi) is 3.77. The smallest absolute Gasteiger partial charge is 0.273 e. The molecule has 96 valence electrons. The van der Waals surface area contributed by atoms with E-state index in [2.05, 4.69) is 4.99 Å². The van der Waals surface area contributed by atoms with Crippen molar-refractivity contribution in [3.8, 4) is 5.75 Å². The predicted molar refractivity (Wildman–Crippen MR) is 73.5 cm³/mol. The van der Waals surface area contributed by atoms with Crippen LogP contribution in [0.1, 0.15) is 5.56 Å². The van der Waals surface area contributed by atoms with Crippen molar-refractivity contribution in [1.82, 2.24) is 0 Å². The number of phenolic OH excluding ortho intramolecular Hbond substituents is 1. The Morgan fingerprint density at radius 2 is 1.89 bits per heavy atom. The van der Waals surface area contributed by atoms with E-state index in [0.717, 1.165) is 11.6 Å². The number of hydrogen-bond acceptors (Lipinski definition) is 4. The monoisotopic (exact) mass is 276 g/mol. The summed E-state index contributed by atoms with van der Waals surface area (Å²) in [7, 11) is 0. The van der Waals surface area contributed by atoms with Crippen molar-refractivity contribution in [2.75, 3.05) is 0 Å². The van der Waals surface area contributed by atoms with Gasteiger partial charge in [0.05, 0.1) is 11.0 Å². The van der Waals surface area contributed by atoms with Gasteiger partial charge in [-0.25, -0.2) is 0 Å². The van der Waals surface area contributed by atoms with Crippen LogP contribution in [0.3, 0.4) is 0 Å². The highest BCUT2D eigenvalue weighted by Gasteiger charge is 2.08. The van der Waals surface area contributed by atoms with E-state index in [1.54, 1.807) is 24.3 Å². The highest BCUT2D eigenvalue weighted by Crippen LogP contribution is 2.30. The van der Waals surface area contributed by atoms with Gasteiger partial charge in [-0.1, -0.05) is 23.7 Å². The van der Waals surface area contributed by atoms with Crippen LogP contribution in [0.2, 0.25) is 5.02 Å². The molecule has 0 spiro atoms. The molecule has 2 rings (SSSR count). The summed E-state index contributed by atoms with van der Waals surface area (Å²) in [6.07, 6.45) is 1.54. The molecule has 0 unspecified atom stereocenters. The number of nitrogens with zero attached hydrogens (tertiary/aromatic N) is 2. The molecule has 19 heavy (non-hydrogen) atoms. The van der Waals surface area contributed by atoms with Gasteiger partial charge in [-0.15, -0.1) is 0 Å². The minimum absolute atomic E-state index is 0.178. The lowest BCUT2D eigenvalue weighted by atomic mass is 10.2. The summed E-state index contributed by atoms with van der Waals surface area (Å²) >= 11 is 5.75. The van der Waals surface area contributed by atoms with Gasteiger partial charge < -0.3 is 5.11 Å². The second kappa shape index (κ2) is 5.49. The lowest BCUT2D eigenvalue weighted by Crippen LogP contribution is -1.86. The fourth-order valence-corrected chi connectivity index (χ4v) is 1.55. The third kappa shape index (κ3) is 3.29. The van der Waals surface area contributed by atoms with Crippen LogP contribution in [0, 0.1) is 10.1 Å². The van der Waals surface area contributed by atoms with Gasteiger partial charge in [0.1, 0.15) is 11.4 Å². The summed E-state index contributed by atoms with van der Waals surface area (Å²) < 4.78 is 0. The SMILES string of the molecule is O=[N+]([O-])c1ccc(N=Cc2ccc(Cl)cc2)c(O)c1. The molecule has 2 aromatic rings. The number of aromatic hydroxyl groups is 1. The summed E-state index contributed by atoms with van der Waals surface area (Å²) in [5.74, 6) is -0.237. The molecule has 0 saturated carbocycles. The average Bonchev–Trinajstić information content (AvgIpc) is 2.39. The summed E-state index contributed by atoms with van der Waals surface area (Å²) in [4.78, 5) is 14.0. The number of nitro groups is 1. The van der Waals surface area contributed by atoms with Crippen molar-refractivity contribution in [2.24, 2.45) is 4.99 Å². The molecule has 0 fully saturated rings. The Bertz CT molecular complexity index is 639. The van der Waals surface area contributed by atoms with Gasteiger partial charge >= 0.3 is 0 Å². The maximum atomic E-state index is 10.5. The number of nitro benzene ring substituents is 1. The molecular weight excluding hydrogens is 268 g/mol. The largest absolute Gasteiger partial charge is 0.505 e. The lowest BCUT2D eigenvalue weighted by molar-refractivity contribution is -0.384. The highest BCUT2D eigenvalue weighted by molar-refractivity contribution is 6.30. The Morgan fingerprint density at radius 1 is 1.21 bits per heavy atom. The predicted octanol–water partition coefficient (Wildman–Crippen LogP) is 3.70. The van der Waals surface area contributed by atoms with Crippen LogP contribution in [0.25, 0.3) is 0 Å². The summed E-state index contributed by atoms with van der Waals surface area (Å²) in [6, 6.07) is 10.7. The molecule has 0 amide bonds. The maximum absolute atomic E-state index is 10.5. The Hall–Kier alpha value is -2.40. The number of phenols is 1. The molecule has 0 aliphatic rings. The first kappa shape index (κ1) is 13.0. The summed E-state index contributed by atoms with van der Waals surface area (Å²) in [5, 5.41) is 20.8. The van der Waals surface area contributed by atoms with Crippen molar-refractivity contribution >= 4 is 29.2 Å². The molecule has 0 aromatic heterocycles. The maximum Gasteiger partial charge on any atom is 0.273 e. The average molecular weight is 277 g/mol. The van der Waals surface area contributed by atoms with Crippen molar-refractivity contribution in [3.63, 3.8) is 0 Å². The zero-order chi connectivity index (χ0) is 13.8. The highest BCUT2D eigenvalue weighted by atomic mass is 35.5. The van der Waals surface area contributed by atoms with Gasteiger partial charge in [0.2, 0.25) is 0 Å². The Morgan fingerprint density at radius 3 is 2.47 bits per heavy atom. The number of hydrogen-bond donors (Lipinski definition) is 1. The van der Waals surface area contributed by atoms with Crippen LogP contribution in [-0.4, -0.2) is 16.2 Å². The zero-order valence-electron chi connectivity index (χ0n) is 9.65. The molecule has 0 aliphatic heterocycles. The Balaban J connectivity index is 2.23. The van der Waals surface area contributed by atoms with E-state index in [0.29, 0.717) is 5.02 Å². The molecule has 5 nitrogen and oxygen atoms in total. The van der Waals surface area contributed by atoms with E-state index < -0.39 is 4.92 Å². The van der Waals surface area contributed by atoms with Crippen LogP contribution in [0.15, 0.2) is 47.5 Å². The zero-order valence-corrected chi connectivity index (χ0v) is 10.4. The first-order chi connectivity index (χ1) is 9.06. The van der Waals surface area contributed by atoms with E-state index in [4.69, 9.17) is 11.6 Å². The molecule has 6 heteroatoms. The first-order valence-electron chi connectivity index (χ1n) is 5.33. The number of benzene rings is 2. The molecule has 0 radical (unpaired) electrons. The molecular formula is C13H9ClN2O3. The van der Waals surface area contributed by atoms with Gasteiger partial charge in [-0.05, 0) is 23.8 Å². The number of halogens is 1. The first-order valence-corrected chi connectivity index (χ1v) is 5.71. The standard InChI is InChI=1S/C13H9ClN2O3/c14-10-3-1-9(2-4-10)8-15-12-6-5-11(16(18)19)7-13(12)17/h1-8,17H. The molecule has 0 bridgehead atoms. The second-order valence-electron chi connectivity index (χ2n) is 3.74. The van der Waals surface area contributed by atoms with E-state index >= 15 is 0 Å². The van der Waals surface area contributed by atoms with Crippen LogP contribution in [0.4, 0.5) is 11.4 Å². The van der Waals surface area contributed by atoms with Crippen LogP contribution >= 0.6 is 11.6 Å². The van der Waals surface area contributed by atoms with E-state index in [-0.39, 0.29) is 17.1 Å². The second-order valence-corrected chi connectivity index (χ2v) is 4.18. The Labute approximate surface area is 113 Å². The minimum Gasteiger partial charge on any atom is -0.505 e. The van der Waals surface area contributed by atoms with Crippen molar-refractivity contribution in [3.05, 3.63) is 63.2 Å². The van der Waals surface area contributed by atoms with Crippen LogP contribution in [-0.2, 0) is 0 Å². The molecule has 1 N–H and O–H groups in total. The molecule has 0 heterocycles. The third-order valence-electron chi connectivity index (χ3n) is 2.39. The number of rotatable bonds is 3. The minimum atomic E-state index is -0.577. The fourth-order valence-electron chi connectivity index (χ4n) is 1.43. The molecule has 0 atom stereocenters. The molecule has 0 aliphatic carbocycles.